The van der Waals surface area contributed by atoms with E-state index in [4.69, 9.17) is 0 Å². The van der Waals surface area contributed by atoms with Gasteiger partial charge >= 0.3 is 6.03 Å². The fraction of sp³-hybridized carbons (Fsp3) is 0.353. The zero-order chi connectivity index (χ0) is 16.8. The molecule has 0 unspecified atom stereocenters. The van der Waals surface area contributed by atoms with Crippen molar-refractivity contribution in [3.63, 3.8) is 0 Å². The van der Waals surface area contributed by atoms with Crippen molar-refractivity contribution >= 4 is 17.7 Å². The maximum atomic E-state index is 11.9. The number of pyridine rings is 2. The van der Waals surface area contributed by atoms with E-state index in [1.807, 2.05) is 18.2 Å². The van der Waals surface area contributed by atoms with Crippen molar-refractivity contribution in [2.75, 3.05) is 43.4 Å². The van der Waals surface area contributed by atoms with Gasteiger partial charge in [0.2, 0.25) is 0 Å². The summed E-state index contributed by atoms with van der Waals surface area (Å²) in [7, 11) is 2.13. The number of urea groups is 1. The van der Waals surface area contributed by atoms with Gasteiger partial charge in [-0.05, 0) is 36.9 Å². The number of rotatable bonds is 4. The van der Waals surface area contributed by atoms with Crippen LogP contribution in [-0.2, 0) is 6.54 Å². The number of nitrogens with zero attached hydrogens (tertiary/aromatic N) is 4. The fourth-order valence-corrected chi connectivity index (χ4v) is 2.56. The molecule has 2 aromatic heterocycles. The maximum Gasteiger partial charge on any atom is 0.320 e. The molecule has 3 heterocycles. The second-order valence-electron chi connectivity index (χ2n) is 5.84. The molecule has 0 bridgehead atoms. The molecule has 126 valence electrons. The van der Waals surface area contributed by atoms with Crippen molar-refractivity contribution < 1.29 is 4.79 Å². The quantitative estimate of drug-likeness (QED) is 0.892. The smallest absolute Gasteiger partial charge is 0.320 e. The monoisotopic (exact) mass is 326 g/mol. The van der Waals surface area contributed by atoms with Gasteiger partial charge in [0.15, 0.2) is 0 Å². The molecule has 2 amide bonds. The third-order valence-corrected chi connectivity index (χ3v) is 4.00. The van der Waals surface area contributed by atoms with Gasteiger partial charge in [-0.2, -0.15) is 0 Å². The molecule has 0 aliphatic carbocycles. The van der Waals surface area contributed by atoms with E-state index in [-0.39, 0.29) is 6.03 Å². The highest BCUT2D eigenvalue weighted by Crippen LogP contribution is 2.14. The highest BCUT2D eigenvalue weighted by atomic mass is 16.2. The van der Waals surface area contributed by atoms with Gasteiger partial charge in [0.25, 0.3) is 0 Å². The Morgan fingerprint density at radius 2 is 1.96 bits per heavy atom. The minimum atomic E-state index is -0.272. The molecule has 7 heteroatoms. The van der Waals surface area contributed by atoms with Crippen LogP contribution < -0.4 is 15.5 Å². The summed E-state index contributed by atoms with van der Waals surface area (Å²) < 4.78 is 0. The van der Waals surface area contributed by atoms with Crippen LogP contribution in [0.25, 0.3) is 0 Å². The average molecular weight is 326 g/mol. The van der Waals surface area contributed by atoms with Crippen LogP contribution in [0, 0.1) is 0 Å². The van der Waals surface area contributed by atoms with Crippen LogP contribution in [0.15, 0.2) is 42.7 Å². The number of amides is 2. The number of carbonyl (C=O) groups excluding carboxylic acids is 1. The van der Waals surface area contributed by atoms with E-state index < -0.39 is 0 Å². The number of likely N-dealkylation sites (N-methyl/N-ethyl adjacent to an activating group) is 1. The summed E-state index contributed by atoms with van der Waals surface area (Å²) >= 11 is 0. The summed E-state index contributed by atoms with van der Waals surface area (Å²) in [5, 5.41) is 5.54. The van der Waals surface area contributed by atoms with Crippen LogP contribution in [0.3, 0.4) is 0 Å². The average Bonchev–Trinajstić information content (AvgIpc) is 2.62. The van der Waals surface area contributed by atoms with Crippen LogP contribution in [0.2, 0.25) is 0 Å². The zero-order valence-corrected chi connectivity index (χ0v) is 13.8. The second kappa shape index (κ2) is 7.74. The van der Waals surface area contributed by atoms with Crippen LogP contribution in [0.4, 0.5) is 16.4 Å². The molecule has 1 aliphatic heterocycles. The molecule has 0 spiro atoms. The number of hydrogen-bond acceptors (Lipinski definition) is 5. The first kappa shape index (κ1) is 16.2. The number of anilines is 2. The van der Waals surface area contributed by atoms with Gasteiger partial charge < -0.3 is 15.1 Å². The summed E-state index contributed by atoms with van der Waals surface area (Å²) in [5.41, 5.74) is 1.02. The Balaban J connectivity index is 1.54. The predicted octanol–water partition coefficient (Wildman–Crippen LogP) is 1.55. The summed E-state index contributed by atoms with van der Waals surface area (Å²) in [6.45, 7) is 4.47. The second-order valence-corrected chi connectivity index (χ2v) is 5.84. The van der Waals surface area contributed by atoms with E-state index in [1.54, 1.807) is 24.5 Å². The molecule has 7 nitrogen and oxygen atoms in total. The highest BCUT2D eigenvalue weighted by molar-refractivity contribution is 5.88. The van der Waals surface area contributed by atoms with Crippen LogP contribution in [0.5, 0.6) is 0 Å². The zero-order valence-electron chi connectivity index (χ0n) is 13.8. The third-order valence-electron chi connectivity index (χ3n) is 4.00. The van der Waals surface area contributed by atoms with E-state index in [9.17, 15) is 4.79 Å². The summed E-state index contributed by atoms with van der Waals surface area (Å²) in [5.74, 6) is 1.50. The van der Waals surface area contributed by atoms with Gasteiger partial charge in [0, 0.05) is 45.1 Å². The standard InChI is InChI=1S/C17H22N6O/c1-22-8-10-23(11-9-22)16-12-14(5-7-19-16)13-20-17(24)21-15-4-2-3-6-18-15/h2-7,12H,8-11,13H2,1H3,(H2,18,20,21,24). The number of piperazine rings is 1. The first-order chi connectivity index (χ1) is 11.7. The fourth-order valence-electron chi connectivity index (χ4n) is 2.56. The molecule has 2 aromatic rings. The molecule has 0 atom stereocenters. The van der Waals surface area contributed by atoms with Crippen molar-refractivity contribution in [1.82, 2.24) is 20.2 Å². The normalized spacial score (nSPS) is 15.1. The Morgan fingerprint density at radius 3 is 2.71 bits per heavy atom. The summed E-state index contributed by atoms with van der Waals surface area (Å²) in [6.07, 6.45) is 3.43. The molecule has 3 rings (SSSR count). The number of hydrogen-bond donors (Lipinski definition) is 2. The van der Waals surface area contributed by atoms with Crippen LogP contribution in [0.1, 0.15) is 5.56 Å². The van der Waals surface area contributed by atoms with Gasteiger partial charge in [-0.3, -0.25) is 5.32 Å². The maximum absolute atomic E-state index is 11.9. The lowest BCUT2D eigenvalue weighted by molar-refractivity contribution is 0.251. The van der Waals surface area contributed by atoms with E-state index in [1.165, 1.54) is 0 Å². The minimum Gasteiger partial charge on any atom is -0.354 e. The molecule has 1 aliphatic rings. The lowest BCUT2D eigenvalue weighted by Crippen LogP contribution is -2.44. The van der Waals surface area contributed by atoms with Gasteiger partial charge in [0.1, 0.15) is 11.6 Å². The third kappa shape index (κ3) is 4.42. The molecule has 24 heavy (non-hydrogen) atoms. The SMILES string of the molecule is CN1CCN(c2cc(CNC(=O)Nc3ccccn3)ccn2)CC1. The van der Waals surface area contributed by atoms with Crippen LogP contribution in [-0.4, -0.2) is 54.1 Å². The van der Waals surface area contributed by atoms with Crippen molar-refractivity contribution in [2.45, 2.75) is 6.54 Å². The van der Waals surface area contributed by atoms with E-state index in [0.29, 0.717) is 12.4 Å². The lowest BCUT2D eigenvalue weighted by Gasteiger charge is -2.33. The van der Waals surface area contributed by atoms with E-state index >= 15 is 0 Å². The Morgan fingerprint density at radius 1 is 1.12 bits per heavy atom. The van der Waals surface area contributed by atoms with Gasteiger partial charge in [0.05, 0.1) is 0 Å². The Bertz CT molecular complexity index is 670. The Labute approximate surface area is 141 Å². The Kier molecular flexibility index (Phi) is 5.22. The van der Waals surface area contributed by atoms with Gasteiger partial charge in [-0.15, -0.1) is 0 Å². The van der Waals surface area contributed by atoms with Crippen molar-refractivity contribution in [3.8, 4) is 0 Å². The molecule has 0 aromatic carbocycles. The van der Waals surface area contributed by atoms with E-state index in [0.717, 1.165) is 37.6 Å². The van der Waals surface area contributed by atoms with Gasteiger partial charge in [-0.1, -0.05) is 6.07 Å². The molecule has 1 saturated heterocycles. The van der Waals surface area contributed by atoms with Crippen LogP contribution >= 0.6 is 0 Å². The highest BCUT2D eigenvalue weighted by Gasteiger charge is 2.15. The number of carbonyl (C=O) groups is 1. The molecule has 0 radical (unpaired) electrons. The molecule has 1 fully saturated rings. The van der Waals surface area contributed by atoms with Crippen molar-refractivity contribution in [2.24, 2.45) is 0 Å². The minimum absolute atomic E-state index is 0.272. The largest absolute Gasteiger partial charge is 0.354 e. The number of aromatic nitrogens is 2. The molecular weight excluding hydrogens is 304 g/mol. The first-order valence-corrected chi connectivity index (χ1v) is 8.05. The lowest BCUT2D eigenvalue weighted by atomic mass is 10.2. The van der Waals surface area contributed by atoms with E-state index in [2.05, 4.69) is 37.4 Å². The molecule has 2 N–H and O–H groups in total. The number of nitrogens with one attached hydrogen (secondary N) is 2. The molecular formula is C17H22N6O. The predicted molar refractivity (Wildman–Crippen MR) is 94.0 cm³/mol. The molecule has 0 saturated carbocycles. The summed E-state index contributed by atoms with van der Waals surface area (Å²) in [4.78, 5) is 25.0. The first-order valence-electron chi connectivity index (χ1n) is 8.05. The Hall–Kier alpha value is -2.67. The van der Waals surface area contributed by atoms with Gasteiger partial charge in [-0.25, -0.2) is 14.8 Å². The summed E-state index contributed by atoms with van der Waals surface area (Å²) in [6, 6.07) is 9.06. The van der Waals surface area contributed by atoms with Crippen molar-refractivity contribution in [1.29, 1.82) is 0 Å². The van der Waals surface area contributed by atoms with Crippen molar-refractivity contribution in [3.05, 3.63) is 48.3 Å². The topological polar surface area (TPSA) is 73.4 Å².